The highest BCUT2D eigenvalue weighted by molar-refractivity contribution is 5.74. The first kappa shape index (κ1) is 12.2. The number of rotatable bonds is 3. The monoisotopic (exact) mass is 212 g/mol. The number of ether oxygens (including phenoxy) is 1. The van der Waals surface area contributed by atoms with Gasteiger partial charge in [0.25, 0.3) is 0 Å². The lowest BCUT2D eigenvalue weighted by Gasteiger charge is -2.36. The van der Waals surface area contributed by atoms with Crippen LogP contribution in [0.15, 0.2) is 12.2 Å². The van der Waals surface area contributed by atoms with E-state index in [-0.39, 0.29) is 11.9 Å². The Morgan fingerprint density at radius 2 is 2.20 bits per heavy atom. The van der Waals surface area contributed by atoms with Gasteiger partial charge in [0.2, 0.25) is 0 Å². The van der Waals surface area contributed by atoms with E-state index in [1.54, 1.807) is 6.08 Å². The molecule has 0 radical (unpaired) electrons. The summed E-state index contributed by atoms with van der Waals surface area (Å²) in [6.07, 6.45) is 6.25. The summed E-state index contributed by atoms with van der Waals surface area (Å²) in [6, 6.07) is 0. The van der Waals surface area contributed by atoms with E-state index in [1.807, 2.05) is 19.9 Å². The van der Waals surface area contributed by atoms with E-state index in [0.29, 0.717) is 6.42 Å². The molecule has 1 N–H and O–H groups in total. The van der Waals surface area contributed by atoms with Gasteiger partial charge in [-0.2, -0.15) is 0 Å². The molecule has 0 amide bonds. The summed E-state index contributed by atoms with van der Waals surface area (Å²) in [6.45, 7) is 3.87. The normalized spacial score (nSPS) is 27.8. The second-order valence-electron chi connectivity index (χ2n) is 4.53. The third kappa shape index (κ3) is 2.59. The topological polar surface area (TPSA) is 46.5 Å². The zero-order valence-electron chi connectivity index (χ0n) is 9.69. The maximum absolute atomic E-state index is 11.6. The molecule has 0 heterocycles. The van der Waals surface area contributed by atoms with Crippen LogP contribution < -0.4 is 0 Å². The van der Waals surface area contributed by atoms with Crippen molar-refractivity contribution in [2.45, 2.75) is 38.7 Å². The van der Waals surface area contributed by atoms with Gasteiger partial charge in [0.15, 0.2) is 0 Å². The predicted molar refractivity (Wildman–Crippen MR) is 58.3 cm³/mol. The maximum Gasteiger partial charge on any atom is 0.312 e. The van der Waals surface area contributed by atoms with E-state index in [4.69, 9.17) is 4.74 Å². The molecule has 3 nitrogen and oxygen atoms in total. The van der Waals surface area contributed by atoms with E-state index in [1.165, 1.54) is 7.11 Å². The highest BCUT2D eigenvalue weighted by Gasteiger charge is 2.42. The summed E-state index contributed by atoms with van der Waals surface area (Å²) < 4.78 is 4.76. The number of carbonyl (C=O) groups is 1. The number of aliphatic hydroxyl groups is 1. The van der Waals surface area contributed by atoms with Gasteiger partial charge in [-0.05, 0) is 25.2 Å². The molecule has 2 unspecified atom stereocenters. The van der Waals surface area contributed by atoms with Crippen LogP contribution in [-0.4, -0.2) is 23.8 Å². The highest BCUT2D eigenvalue weighted by atomic mass is 16.5. The van der Waals surface area contributed by atoms with Gasteiger partial charge in [-0.1, -0.05) is 26.0 Å². The van der Waals surface area contributed by atoms with Crippen LogP contribution in [0.3, 0.4) is 0 Å². The Bertz CT molecular complexity index is 258. The standard InChI is InChI=1S/C12H20O3/c1-9(2)10(11(13)15-3)12(14)7-5-4-6-8-12/h5,7,9-10,14H,4,6,8H2,1-3H3. The fourth-order valence-electron chi connectivity index (χ4n) is 2.31. The maximum atomic E-state index is 11.6. The Morgan fingerprint density at radius 1 is 1.53 bits per heavy atom. The van der Waals surface area contributed by atoms with E-state index in [9.17, 15) is 9.90 Å². The Hall–Kier alpha value is -0.830. The minimum absolute atomic E-state index is 0.0743. The molecule has 0 bridgehead atoms. The third-order valence-corrected chi connectivity index (χ3v) is 3.01. The second-order valence-corrected chi connectivity index (χ2v) is 4.53. The lowest BCUT2D eigenvalue weighted by molar-refractivity contribution is -0.156. The fraction of sp³-hybridized carbons (Fsp3) is 0.750. The average Bonchev–Trinajstić information content (AvgIpc) is 2.17. The molecule has 2 atom stereocenters. The molecule has 15 heavy (non-hydrogen) atoms. The Labute approximate surface area is 91.1 Å². The van der Waals surface area contributed by atoms with Crippen molar-refractivity contribution in [3.63, 3.8) is 0 Å². The van der Waals surface area contributed by atoms with Gasteiger partial charge in [0.05, 0.1) is 18.6 Å². The van der Waals surface area contributed by atoms with Crippen LogP contribution in [0, 0.1) is 11.8 Å². The van der Waals surface area contributed by atoms with Gasteiger partial charge in [0.1, 0.15) is 0 Å². The van der Waals surface area contributed by atoms with Crippen molar-refractivity contribution in [3.8, 4) is 0 Å². The lowest BCUT2D eigenvalue weighted by Crippen LogP contribution is -2.45. The summed E-state index contributed by atoms with van der Waals surface area (Å²) in [5, 5.41) is 10.4. The fourth-order valence-corrected chi connectivity index (χ4v) is 2.31. The van der Waals surface area contributed by atoms with Crippen LogP contribution in [0.5, 0.6) is 0 Å². The number of carbonyl (C=O) groups excluding carboxylic acids is 1. The Kier molecular flexibility index (Phi) is 3.91. The van der Waals surface area contributed by atoms with Crippen LogP contribution in [-0.2, 0) is 9.53 Å². The summed E-state index contributed by atoms with van der Waals surface area (Å²) in [7, 11) is 1.37. The molecular weight excluding hydrogens is 192 g/mol. The van der Waals surface area contributed by atoms with Crippen LogP contribution in [0.1, 0.15) is 33.1 Å². The zero-order valence-corrected chi connectivity index (χ0v) is 9.69. The smallest absolute Gasteiger partial charge is 0.312 e. The molecule has 86 valence electrons. The number of hydrogen-bond donors (Lipinski definition) is 1. The van der Waals surface area contributed by atoms with Crippen molar-refractivity contribution >= 4 is 5.97 Å². The van der Waals surface area contributed by atoms with Gasteiger partial charge in [0, 0.05) is 0 Å². The first-order valence-electron chi connectivity index (χ1n) is 5.49. The van der Waals surface area contributed by atoms with Crippen molar-refractivity contribution in [1.29, 1.82) is 0 Å². The molecule has 3 heteroatoms. The first-order chi connectivity index (χ1) is 7.01. The summed E-state index contributed by atoms with van der Waals surface area (Å²) in [5.74, 6) is -0.705. The van der Waals surface area contributed by atoms with Crippen molar-refractivity contribution < 1.29 is 14.6 Å². The molecule has 1 rings (SSSR count). The zero-order chi connectivity index (χ0) is 11.5. The van der Waals surface area contributed by atoms with Crippen molar-refractivity contribution in [3.05, 3.63) is 12.2 Å². The third-order valence-electron chi connectivity index (χ3n) is 3.01. The Balaban J connectivity index is 2.92. The first-order valence-corrected chi connectivity index (χ1v) is 5.49. The molecule has 0 aromatic carbocycles. The van der Waals surface area contributed by atoms with E-state index < -0.39 is 11.5 Å². The second kappa shape index (κ2) is 4.79. The molecule has 0 saturated heterocycles. The molecule has 0 spiro atoms. The largest absolute Gasteiger partial charge is 0.469 e. The van der Waals surface area contributed by atoms with E-state index in [0.717, 1.165) is 12.8 Å². The minimum Gasteiger partial charge on any atom is -0.469 e. The van der Waals surface area contributed by atoms with Gasteiger partial charge >= 0.3 is 5.97 Å². The number of allylic oxidation sites excluding steroid dienone is 1. The van der Waals surface area contributed by atoms with Crippen LogP contribution in [0.2, 0.25) is 0 Å². The number of methoxy groups -OCH3 is 1. The molecule has 0 fully saturated rings. The van der Waals surface area contributed by atoms with Crippen LogP contribution in [0.25, 0.3) is 0 Å². The molecule has 1 aliphatic rings. The minimum atomic E-state index is -1.01. The Morgan fingerprint density at radius 3 is 2.60 bits per heavy atom. The lowest BCUT2D eigenvalue weighted by atomic mass is 9.74. The van der Waals surface area contributed by atoms with E-state index in [2.05, 4.69) is 0 Å². The predicted octanol–water partition coefficient (Wildman–Crippen LogP) is 1.90. The summed E-state index contributed by atoms with van der Waals surface area (Å²) in [5.41, 5.74) is -1.01. The molecular formula is C12H20O3. The highest BCUT2D eigenvalue weighted by Crippen LogP contribution is 2.34. The van der Waals surface area contributed by atoms with E-state index >= 15 is 0 Å². The molecule has 1 aliphatic carbocycles. The van der Waals surface area contributed by atoms with Crippen LogP contribution in [0.4, 0.5) is 0 Å². The molecule has 0 aliphatic heterocycles. The van der Waals surface area contributed by atoms with Crippen LogP contribution >= 0.6 is 0 Å². The number of esters is 1. The van der Waals surface area contributed by atoms with Gasteiger partial charge in [-0.15, -0.1) is 0 Å². The van der Waals surface area contributed by atoms with Gasteiger partial charge in [-0.3, -0.25) is 4.79 Å². The van der Waals surface area contributed by atoms with Gasteiger partial charge < -0.3 is 9.84 Å². The number of hydrogen-bond acceptors (Lipinski definition) is 3. The summed E-state index contributed by atoms with van der Waals surface area (Å²) >= 11 is 0. The molecule has 0 aromatic rings. The van der Waals surface area contributed by atoms with Gasteiger partial charge in [-0.25, -0.2) is 0 Å². The summed E-state index contributed by atoms with van der Waals surface area (Å²) in [4.78, 5) is 11.6. The quantitative estimate of drug-likeness (QED) is 0.574. The molecule has 0 saturated carbocycles. The molecule has 0 aromatic heterocycles. The van der Waals surface area contributed by atoms with Crippen molar-refractivity contribution in [2.24, 2.45) is 11.8 Å². The van der Waals surface area contributed by atoms with Crippen molar-refractivity contribution in [1.82, 2.24) is 0 Å². The van der Waals surface area contributed by atoms with Crippen molar-refractivity contribution in [2.75, 3.05) is 7.11 Å². The average molecular weight is 212 g/mol. The SMILES string of the molecule is COC(=O)C(C(C)C)C1(O)C=CCCC1.